The van der Waals surface area contributed by atoms with Gasteiger partial charge >= 0.3 is 6.09 Å². The van der Waals surface area contributed by atoms with Gasteiger partial charge in [0.05, 0.1) is 18.3 Å². The predicted molar refractivity (Wildman–Crippen MR) is 137 cm³/mol. The maximum Gasteiger partial charge on any atom is 0.410 e. The second-order valence-corrected chi connectivity index (χ2v) is 9.68. The van der Waals surface area contributed by atoms with Gasteiger partial charge in [-0.2, -0.15) is 0 Å². The number of nitrogens with zero attached hydrogens (tertiary/aromatic N) is 3. The number of nitrogens with two attached hydrogens (primary N) is 1. The zero-order valence-electron chi connectivity index (χ0n) is 20.9. The largest absolute Gasteiger partial charge is 0.449 e. The van der Waals surface area contributed by atoms with E-state index >= 15 is 0 Å². The molecule has 182 valence electrons. The number of carbonyl (C=O) groups excluding carboxylic acids is 1. The fourth-order valence-electron chi connectivity index (χ4n) is 4.16. The van der Waals surface area contributed by atoms with Gasteiger partial charge in [0.1, 0.15) is 5.82 Å². The van der Waals surface area contributed by atoms with Crippen LogP contribution in [0.4, 0.5) is 4.79 Å². The molecule has 3 aromatic rings. The van der Waals surface area contributed by atoms with Crippen LogP contribution in [0.25, 0.3) is 11.3 Å². The van der Waals surface area contributed by atoms with Crippen molar-refractivity contribution >= 4 is 6.09 Å². The Labute approximate surface area is 203 Å². The topological polar surface area (TPSA) is 73.4 Å². The van der Waals surface area contributed by atoms with Gasteiger partial charge in [-0.25, -0.2) is 9.78 Å². The first-order chi connectivity index (χ1) is 16.3. The maximum absolute atomic E-state index is 13.2. The first-order valence-electron chi connectivity index (χ1n) is 12.1. The summed E-state index contributed by atoms with van der Waals surface area (Å²) in [4.78, 5) is 20.2. The van der Waals surface area contributed by atoms with Crippen molar-refractivity contribution < 1.29 is 9.53 Å². The molecular weight excluding hydrogens is 424 g/mol. The van der Waals surface area contributed by atoms with Crippen molar-refractivity contribution in [3.8, 4) is 11.3 Å². The molecule has 0 unspecified atom stereocenters. The van der Waals surface area contributed by atoms with E-state index < -0.39 is 0 Å². The monoisotopic (exact) mass is 462 g/mol. The highest BCUT2D eigenvalue weighted by atomic mass is 16.6. The molecule has 34 heavy (non-hydrogen) atoms. The number of hydrogen-bond acceptors (Lipinski definition) is 4. The summed E-state index contributed by atoms with van der Waals surface area (Å²) in [6, 6.07) is 20.2. The lowest BCUT2D eigenvalue weighted by Gasteiger charge is -2.39. The summed E-state index contributed by atoms with van der Waals surface area (Å²) in [5.41, 5.74) is 8.67. The second kappa shape index (κ2) is 11.8. The Bertz CT molecular complexity index is 1030. The van der Waals surface area contributed by atoms with Gasteiger partial charge in [-0.15, -0.1) is 0 Å². The van der Waals surface area contributed by atoms with Crippen molar-refractivity contribution in [1.82, 2.24) is 14.5 Å². The summed E-state index contributed by atoms with van der Waals surface area (Å²) in [6.45, 7) is 10.5. The number of carbonyl (C=O) groups is 1. The second-order valence-electron chi connectivity index (χ2n) is 9.68. The first-order valence-corrected chi connectivity index (χ1v) is 12.1. The number of ether oxygens (including phenoxy) is 1. The molecule has 6 heteroatoms. The summed E-state index contributed by atoms with van der Waals surface area (Å²) >= 11 is 0. The van der Waals surface area contributed by atoms with Crippen molar-refractivity contribution in [2.75, 3.05) is 19.7 Å². The Morgan fingerprint density at radius 1 is 1.09 bits per heavy atom. The van der Waals surface area contributed by atoms with E-state index in [2.05, 4.69) is 55.8 Å². The molecule has 1 atom stereocenters. The van der Waals surface area contributed by atoms with Crippen LogP contribution in [0.1, 0.15) is 58.0 Å². The SMILES string of the molecule is CCCOC(=O)N(CCCN)[C@@H](c1nc(-c2ccccc2)cn1Cc1ccccc1)C(C)(C)C. The van der Waals surface area contributed by atoms with Gasteiger partial charge in [-0.05, 0) is 30.4 Å². The normalized spacial score (nSPS) is 12.4. The standard InChI is InChI=1S/C28H38N4O2/c1-5-19-34-27(33)32(18-12-17-29)25(28(2,3)4)26-30-24(23-15-10-7-11-16-23)21-31(26)20-22-13-8-6-9-14-22/h6-11,13-16,21,25H,5,12,17-20,29H2,1-4H3/t25-/m0/s1. The van der Waals surface area contributed by atoms with Crippen LogP contribution in [-0.4, -0.2) is 40.2 Å². The van der Waals surface area contributed by atoms with E-state index in [4.69, 9.17) is 15.5 Å². The molecule has 0 aliphatic carbocycles. The van der Waals surface area contributed by atoms with Gasteiger partial charge in [0.2, 0.25) is 0 Å². The molecular formula is C28H38N4O2. The van der Waals surface area contributed by atoms with E-state index in [0.717, 1.165) is 23.5 Å². The molecule has 0 bridgehead atoms. The minimum atomic E-state index is -0.314. The minimum Gasteiger partial charge on any atom is -0.449 e. The van der Waals surface area contributed by atoms with Gasteiger partial charge in [0, 0.05) is 24.8 Å². The lowest BCUT2D eigenvalue weighted by Crippen LogP contribution is -2.44. The number of benzene rings is 2. The minimum absolute atomic E-state index is 0.284. The number of amides is 1. The van der Waals surface area contributed by atoms with Crippen molar-refractivity contribution in [3.05, 3.63) is 78.2 Å². The molecule has 0 aliphatic rings. The van der Waals surface area contributed by atoms with Crippen LogP contribution >= 0.6 is 0 Å². The van der Waals surface area contributed by atoms with Gasteiger partial charge in [-0.3, -0.25) is 4.90 Å². The quantitative estimate of drug-likeness (QED) is 0.408. The van der Waals surface area contributed by atoms with Crippen LogP contribution < -0.4 is 5.73 Å². The highest BCUT2D eigenvalue weighted by Crippen LogP contribution is 2.39. The third-order valence-electron chi connectivity index (χ3n) is 5.72. The van der Waals surface area contributed by atoms with E-state index in [1.165, 1.54) is 5.56 Å². The Hall–Kier alpha value is -3.12. The van der Waals surface area contributed by atoms with Gasteiger partial charge in [0.15, 0.2) is 0 Å². The lowest BCUT2D eigenvalue weighted by molar-refractivity contribution is 0.0509. The molecule has 0 radical (unpaired) electrons. The molecule has 1 heterocycles. The average molecular weight is 463 g/mol. The van der Waals surface area contributed by atoms with E-state index in [1.54, 1.807) is 0 Å². The van der Waals surface area contributed by atoms with Crippen LogP contribution in [0.2, 0.25) is 0 Å². The molecule has 1 amide bonds. The zero-order valence-corrected chi connectivity index (χ0v) is 20.9. The third kappa shape index (κ3) is 6.48. The molecule has 0 aliphatic heterocycles. The highest BCUT2D eigenvalue weighted by Gasteiger charge is 2.38. The van der Waals surface area contributed by atoms with Crippen LogP contribution in [-0.2, 0) is 11.3 Å². The number of hydrogen-bond donors (Lipinski definition) is 1. The van der Waals surface area contributed by atoms with Crippen LogP contribution in [0.15, 0.2) is 66.9 Å². The van der Waals surface area contributed by atoms with Crippen molar-refractivity contribution in [2.45, 2.75) is 53.1 Å². The van der Waals surface area contributed by atoms with E-state index in [1.807, 2.05) is 48.2 Å². The molecule has 0 spiro atoms. The molecule has 2 aromatic carbocycles. The Balaban J connectivity index is 2.12. The Morgan fingerprint density at radius 2 is 1.74 bits per heavy atom. The maximum atomic E-state index is 13.2. The molecule has 0 fully saturated rings. The summed E-state index contributed by atoms with van der Waals surface area (Å²) < 4.78 is 7.78. The van der Waals surface area contributed by atoms with Gasteiger partial charge < -0.3 is 15.0 Å². The van der Waals surface area contributed by atoms with E-state index in [-0.39, 0.29) is 17.6 Å². The first kappa shape index (κ1) is 25.5. The average Bonchev–Trinajstić information content (AvgIpc) is 3.23. The molecule has 0 saturated heterocycles. The fourth-order valence-corrected chi connectivity index (χ4v) is 4.16. The van der Waals surface area contributed by atoms with Gasteiger partial charge in [0.25, 0.3) is 0 Å². The van der Waals surface area contributed by atoms with Crippen LogP contribution in [0.5, 0.6) is 0 Å². The summed E-state index contributed by atoms with van der Waals surface area (Å²) in [5, 5.41) is 0. The number of rotatable bonds is 10. The van der Waals surface area contributed by atoms with Crippen molar-refractivity contribution in [2.24, 2.45) is 11.1 Å². The number of imidazole rings is 1. The Morgan fingerprint density at radius 3 is 2.32 bits per heavy atom. The molecule has 3 rings (SSSR count). The third-order valence-corrected chi connectivity index (χ3v) is 5.72. The molecule has 0 saturated carbocycles. The van der Waals surface area contributed by atoms with Crippen LogP contribution in [0.3, 0.4) is 0 Å². The van der Waals surface area contributed by atoms with Crippen molar-refractivity contribution in [1.29, 1.82) is 0 Å². The zero-order chi connectivity index (χ0) is 24.6. The van der Waals surface area contributed by atoms with E-state index in [0.29, 0.717) is 32.7 Å². The summed E-state index contributed by atoms with van der Waals surface area (Å²) in [7, 11) is 0. The van der Waals surface area contributed by atoms with Crippen LogP contribution in [0, 0.1) is 5.41 Å². The molecule has 6 nitrogen and oxygen atoms in total. The predicted octanol–water partition coefficient (Wildman–Crippen LogP) is 5.88. The van der Waals surface area contributed by atoms with Gasteiger partial charge in [-0.1, -0.05) is 88.4 Å². The highest BCUT2D eigenvalue weighted by molar-refractivity contribution is 5.68. The molecule has 1 aromatic heterocycles. The lowest BCUT2D eigenvalue weighted by atomic mass is 9.84. The summed E-state index contributed by atoms with van der Waals surface area (Å²) in [6.07, 6.45) is 3.25. The fraction of sp³-hybridized carbons (Fsp3) is 0.429. The van der Waals surface area contributed by atoms with E-state index in [9.17, 15) is 4.79 Å². The Kier molecular flexibility index (Phi) is 8.88. The number of aromatic nitrogens is 2. The summed E-state index contributed by atoms with van der Waals surface area (Å²) in [5.74, 6) is 0.848. The smallest absolute Gasteiger partial charge is 0.410 e. The van der Waals surface area contributed by atoms with Crippen molar-refractivity contribution in [3.63, 3.8) is 0 Å². The molecule has 2 N–H and O–H groups in total.